The number of halogens is 1. The van der Waals surface area contributed by atoms with Crippen molar-refractivity contribution in [2.75, 3.05) is 13.1 Å². The second-order valence-corrected chi connectivity index (χ2v) is 3.73. The molecule has 0 saturated heterocycles. The summed E-state index contributed by atoms with van der Waals surface area (Å²) in [6.07, 6.45) is 8.09. The number of allylic oxidation sites excluding steroid dienone is 2. The van der Waals surface area contributed by atoms with E-state index >= 15 is 0 Å². The lowest BCUT2D eigenvalue weighted by atomic mass is 9.96. The van der Waals surface area contributed by atoms with Crippen molar-refractivity contribution < 1.29 is 27.6 Å². The molecule has 0 saturated carbocycles. The van der Waals surface area contributed by atoms with E-state index in [1.54, 1.807) is 0 Å². The maximum atomic E-state index is 10.2. The highest BCUT2D eigenvalue weighted by molar-refractivity contribution is 5.67. The van der Waals surface area contributed by atoms with Crippen LogP contribution in [0.1, 0.15) is 25.7 Å². The van der Waals surface area contributed by atoms with Crippen LogP contribution in [0.5, 0.6) is 0 Å². The fourth-order valence-corrected chi connectivity index (χ4v) is 1.58. The SMILES string of the molecule is C=CCC(CC=C)CCC[NH2+]CC(=O)O.[Cl-]. The van der Waals surface area contributed by atoms with Gasteiger partial charge in [-0.3, -0.25) is 0 Å². The third-order valence-corrected chi connectivity index (χ3v) is 2.34. The summed E-state index contributed by atoms with van der Waals surface area (Å²) in [4.78, 5) is 10.2. The quantitative estimate of drug-likeness (QED) is 0.353. The van der Waals surface area contributed by atoms with Crippen molar-refractivity contribution in [3.8, 4) is 0 Å². The first-order valence-corrected chi connectivity index (χ1v) is 5.46. The third kappa shape index (κ3) is 11.3. The first-order valence-electron chi connectivity index (χ1n) is 5.46. The summed E-state index contributed by atoms with van der Waals surface area (Å²) in [6.45, 7) is 8.52. The largest absolute Gasteiger partial charge is 1.00 e. The first kappa shape index (κ1) is 17.6. The Kier molecular flexibility index (Phi) is 13.5. The minimum atomic E-state index is -0.747. The van der Waals surface area contributed by atoms with Crippen LogP contribution in [-0.4, -0.2) is 24.2 Å². The molecule has 0 fully saturated rings. The summed E-state index contributed by atoms with van der Waals surface area (Å²) >= 11 is 0. The van der Waals surface area contributed by atoms with Gasteiger partial charge in [-0.05, 0) is 31.6 Å². The number of rotatable bonds is 10. The predicted octanol–water partition coefficient (Wildman–Crippen LogP) is -1.81. The fourth-order valence-electron chi connectivity index (χ4n) is 1.58. The molecule has 0 spiro atoms. The summed E-state index contributed by atoms with van der Waals surface area (Å²) in [5.74, 6) is -0.123. The summed E-state index contributed by atoms with van der Waals surface area (Å²) < 4.78 is 0. The first-order chi connectivity index (χ1) is 7.20. The van der Waals surface area contributed by atoms with Crippen LogP contribution in [0.3, 0.4) is 0 Å². The lowest BCUT2D eigenvalue weighted by Crippen LogP contribution is -3.00. The number of carboxylic acid groups (broad SMARTS) is 1. The third-order valence-electron chi connectivity index (χ3n) is 2.34. The van der Waals surface area contributed by atoms with Crippen LogP contribution in [-0.2, 0) is 4.79 Å². The van der Waals surface area contributed by atoms with E-state index in [9.17, 15) is 4.79 Å². The highest BCUT2D eigenvalue weighted by atomic mass is 35.5. The van der Waals surface area contributed by atoms with E-state index in [2.05, 4.69) is 13.2 Å². The van der Waals surface area contributed by atoms with Gasteiger partial charge in [-0.15, -0.1) is 13.2 Å². The molecule has 0 amide bonds. The van der Waals surface area contributed by atoms with Gasteiger partial charge in [0.1, 0.15) is 0 Å². The van der Waals surface area contributed by atoms with Crippen LogP contribution in [0.25, 0.3) is 0 Å². The molecule has 0 rings (SSSR count). The standard InChI is InChI=1S/C12H21NO2.ClH/c1-3-6-11(7-4-2)8-5-9-13-10-12(14)15;/h3-4,11,13H,1-2,5-10H2,(H,14,15);1H. The molecule has 3 N–H and O–H groups in total. The number of hydrogen-bond acceptors (Lipinski definition) is 1. The number of carboxylic acids is 1. The Balaban J connectivity index is 0. The molecule has 0 unspecified atom stereocenters. The molecule has 0 aromatic heterocycles. The number of hydrogen-bond donors (Lipinski definition) is 2. The molecule has 0 radical (unpaired) electrons. The van der Waals surface area contributed by atoms with Crippen LogP contribution in [0.2, 0.25) is 0 Å². The molecule has 94 valence electrons. The summed E-state index contributed by atoms with van der Waals surface area (Å²) in [5, 5.41) is 10.3. The molecular formula is C12H22ClNO2. The zero-order chi connectivity index (χ0) is 11.5. The van der Waals surface area contributed by atoms with Gasteiger partial charge in [0.25, 0.3) is 0 Å². The van der Waals surface area contributed by atoms with E-state index in [4.69, 9.17) is 5.11 Å². The maximum Gasteiger partial charge on any atom is 0.359 e. The number of aliphatic carboxylic acids is 1. The van der Waals surface area contributed by atoms with Crippen LogP contribution < -0.4 is 17.7 Å². The van der Waals surface area contributed by atoms with Crippen molar-refractivity contribution in [1.29, 1.82) is 0 Å². The average molecular weight is 248 g/mol. The fraction of sp³-hybridized carbons (Fsp3) is 0.583. The highest BCUT2D eigenvalue weighted by Gasteiger charge is 2.05. The van der Waals surface area contributed by atoms with E-state index in [1.807, 2.05) is 17.5 Å². The molecule has 0 aromatic rings. The molecule has 4 heteroatoms. The van der Waals surface area contributed by atoms with E-state index in [0.29, 0.717) is 5.92 Å². The van der Waals surface area contributed by atoms with Gasteiger partial charge >= 0.3 is 5.97 Å². The van der Waals surface area contributed by atoms with Crippen LogP contribution in [0, 0.1) is 5.92 Å². The van der Waals surface area contributed by atoms with Gasteiger partial charge in [0.05, 0.1) is 6.54 Å². The molecule has 0 aromatic carbocycles. The molecule has 0 bridgehead atoms. The molecule has 3 nitrogen and oxygen atoms in total. The summed E-state index contributed by atoms with van der Waals surface area (Å²) in [5.41, 5.74) is 0. The van der Waals surface area contributed by atoms with Crippen LogP contribution >= 0.6 is 0 Å². The van der Waals surface area contributed by atoms with Crippen molar-refractivity contribution in [2.24, 2.45) is 5.92 Å². The molecule has 0 aliphatic carbocycles. The monoisotopic (exact) mass is 247 g/mol. The second kappa shape index (κ2) is 12.3. The van der Waals surface area contributed by atoms with Gasteiger partial charge in [0.2, 0.25) is 0 Å². The van der Waals surface area contributed by atoms with Crippen LogP contribution in [0.15, 0.2) is 25.3 Å². The number of carbonyl (C=O) groups is 1. The predicted molar refractivity (Wildman–Crippen MR) is 61.6 cm³/mol. The number of quaternary nitrogens is 1. The Hall–Kier alpha value is -0.800. The minimum Gasteiger partial charge on any atom is -1.00 e. The van der Waals surface area contributed by atoms with E-state index < -0.39 is 5.97 Å². The average Bonchev–Trinajstić information content (AvgIpc) is 2.17. The Morgan fingerprint density at radius 1 is 1.31 bits per heavy atom. The molecular weight excluding hydrogens is 226 g/mol. The Labute approximate surface area is 104 Å². The highest BCUT2D eigenvalue weighted by Crippen LogP contribution is 2.15. The minimum absolute atomic E-state index is 0. The van der Waals surface area contributed by atoms with Crippen LogP contribution in [0.4, 0.5) is 0 Å². The Morgan fingerprint density at radius 2 is 1.88 bits per heavy atom. The van der Waals surface area contributed by atoms with Gasteiger partial charge in [0.15, 0.2) is 6.54 Å². The van der Waals surface area contributed by atoms with Crippen molar-refractivity contribution in [3.05, 3.63) is 25.3 Å². The zero-order valence-electron chi connectivity index (χ0n) is 9.70. The van der Waals surface area contributed by atoms with Gasteiger partial charge in [-0.2, -0.15) is 0 Å². The molecule has 16 heavy (non-hydrogen) atoms. The summed E-state index contributed by atoms with van der Waals surface area (Å²) in [7, 11) is 0. The van der Waals surface area contributed by atoms with Crippen molar-refractivity contribution in [3.63, 3.8) is 0 Å². The van der Waals surface area contributed by atoms with Gasteiger partial charge < -0.3 is 22.8 Å². The lowest BCUT2D eigenvalue weighted by molar-refractivity contribution is -0.645. The van der Waals surface area contributed by atoms with E-state index in [1.165, 1.54) is 0 Å². The maximum absolute atomic E-state index is 10.2. The van der Waals surface area contributed by atoms with Gasteiger partial charge in [-0.1, -0.05) is 12.2 Å². The smallest absolute Gasteiger partial charge is 0.359 e. The number of nitrogens with two attached hydrogens (primary N) is 1. The topological polar surface area (TPSA) is 53.9 Å². The van der Waals surface area contributed by atoms with E-state index in [-0.39, 0.29) is 19.0 Å². The molecule has 0 heterocycles. The molecule has 0 aliphatic heterocycles. The normalized spacial score (nSPS) is 9.56. The van der Waals surface area contributed by atoms with Crippen molar-refractivity contribution >= 4 is 5.97 Å². The second-order valence-electron chi connectivity index (χ2n) is 3.73. The van der Waals surface area contributed by atoms with Crippen molar-refractivity contribution in [1.82, 2.24) is 0 Å². The molecule has 0 aliphatic rings. The van der Waals surface area contributed by atoms with Gasteiger partial charge in [0, 0.05) is 0 Å². The zero-order valence-corrected chi connectivity index (χ0v) is 10.5. The van der Waals surface area contributed by atoms with E-state index in [0.717, 1.165) is 32.2 Å². The Bertz CT molecular complexity index is 197. The lowest BCUT2D eigenvalue weighted by Gasteiger charge is -2.11. The summed E-state index contributed by atoms with van der Waals surface area (Å²) in [6, 6.07) is 0. The van der Waals surface area contributed by atoms with Crippen molar-refractivity contribution in [2.45, 2.75) is 25.7 Å². The Morgan fingerprint density at radius 3 is 2.31 bits per heavy atom. The molecule has 0 atom stereocenters. The van der Waals surface area contributed by atoms with Gasteiger partial charge in [-0.25, -0.2) is 4.79 Å².